The maximum atomic E-state index is 12.9. The van der Waals surface area contributed by atoms with Crippen molar-refractivity contribution in [3.63, 3.8) is 0 Å². The number of carbonyl (C=O) groups excluding carboxylic acids is 1. The third kappa shape index (κ3) is 7.49. The van der Waals surface area contributed by atoms with Gasteiger partial charge in [0.25, 0.3) is 0 Å². The van der Waals surface area contributed by atoms with E-state index in [1.165, 1.54) is 34.9 Å². The quantitative estimate of drug-likeness (QED) is 0.345. The molecule has 2 heterocycles. The van der Waals surface area contributed by atoms with Crippen molar-refractivity contribution < 1.29 is 22.7 Å². The number of carbonyl (C=O) groups is 1. The standard InChI is InChI=1S/C18H18F3N5O2S2.ClH/c1-25(2)8-9-26(15(27)11-29-16-22-6-3-7-23-16)17-24-13-5-4-12(10-14(13)30-17)28-18(19,20)21;/h3-7,10H,8-9,11H2,1-2H3;1H. The molecule has 3 aromatic rings. The van der Waals surface area contributed by atoms with E-state index < -0.39 is 6.36 Å². The van der Waals surface area contributed by atoms with Gasteiger partial charge in [-0.25, -0.2) is 15.0 Å². The van der Waals surface area contributed by atoms with Crippen molar-refractivity contribution in [1.29, 1.82) is 0 Å². The average molecular weight is 494 g/mol. The third-order valence-corrected chi connectivity index (χ3v) is 5.65. The van der Waals surface area contributed by atoms with E-state index >= 15 is 0 Å². The Morgan fingerprint density at radius 3 is 2.55 bits per heavy atom. The first kappa shape index (κ1) is 25.1. The topological polar surface area (TPSA) is 71.5 Å². The lowest BCUT2D eigenvalue weighted by Crippen LogP contribution is -2.37. The number of hydrogen-bond acceptors (Lipinski definition) is 8. The Morgan fingerprint density at radius 1 is 1.19 bits per heavy atom. The van der Waals surface area contributed by atoms with Gasteiger partial charge in [0.05, 0.1) is 16.0 Å². The normalized spacial score (nSPS) is 11.4. The van der Waals surface area contributed by atoms with E-state index in [-0.39, 0.29) is 29.8 Å². The second kappa shape index (κ2) is 10.9. The smallest absolute Gasteiger partial charge is 0.406 e. The van der Waals surface area contributed by atoms with Crippen LogP contribution in [0.3, 0.4) is 0 Å². The number of amides is 1. The summed E-state index contributed by atoms with van der Waals surface area (Å²) in [6.07, 6.45) is -1.58. The zero-order valence-electron chi connectivity index (χ0n) is 16.5. The molecule has 13 heteroatoms. The van der Waals surface area contributed by atoms with Crippen molar-refractivity contribution in [2.45, 2.75) is 11.5 Å². The molecular formula is C18H19ClF3N5O2S2. The Balaban J connectivity index is 0.00000341. The number of ether oxygens (including phenoxy) is 1. The minimum atomic E-state index is -4.77. The Morgan fingerprint density at radius 2 is 1.90 bits per heavy atom. The summed E-state index contributed by atoms with van der Waals surface area (Å²) in [6, 6.07) is 5.60. The lowest BCUT2D eigenvalue weighted by molar-refractivity contribution is -0.274. The van der Waals surface area contributed by atoms with Gasteiger partial charge in [-0.2, -0.15) is 0 Å². The van der Waals surface area contributed by atoms with Gasteiger partial charge in [0, 0.05) is 31.5 Å². The molecule has 3 rings (SSSR count). The fourth-order valence-corrected chi connectivity index (χ4v) is 4.11. The highest BCUT2D eigenvalue weighted by Gasteiger charge is 2.31. The molecule has 0 atom stereocenters. The highest BCUT2D eigenvalue weighted by Crippen LogP contribution is 2.33. The van der Waals surface area contributed by atoms with Crippen LogP contribution in [0.15, 0.2) is 41.8 Å². The number of benzene rings is 1. The first-order chi connectivity index (χ1) is 14.2. The molecule has 0 aliphatic heterocycles. The number of hydrogen-bond donors (Lipinski definition) is 0. The maximum absolute atomic E-state index is 12.9. The average Bonchev–Trinajstić information content (AvgIpc) is 3.08. The van der Waals surface area contributed by atoms with E-state index in [0.717, 1.165) is 11.3 Å². The van der Waals surface area contributed by atoms with Crippen molar-refractivity contribution in [2.75, 3.05) is 37.8 Å². The number of rotatable bonds is 8. The van der Waals surface area contributed by atoms with Crippen LogP contribution < -0.4 is 9.64 Å². The molecule has 0 radical (unpaired) electrons. The molecule has 0 aliphatic rings. The van der Waals surface area contributed by atoms with E-state index in [2.05, 4.69) is 19.7 Å². The van der Waals surface area contributed by atoms with E-state index in [4.69, 9.17) is 0 Å². The Kier molecular flexibility index (Phi) is 8.86. The Hall–Kier alpha value is -2.15. The zero-order valence-corrected chi connectivity index (χ0v) is 18.9. The van der Waals surface area contributed by atoms with Crippen LogP contribution in [0, 0.1) is 0 Å². The summed E-state index contributed by atoms with van der Waals surface area (Å²) in [5.41, 5.74) is 0.492. The van der Waals surface area contributed by atoms with Crippen molar-refractivity contribution in [1.82, 2.24) is 19.9 Å². The molecule has 0 N–H and O–H groups in total. The number of alkyl halides is 3. The number of nitrogens with zero attached hydrogens (tertiary/aromatic N) is 5. The largest absolute Gasteiger partial charge is 0.573 e. The number of fused-ring (bicyclic) bond motifs is 1. The highest BCUT2D eigenvalue weighted by molar-refractivity contribution is 7.99. The lowest BCUT2D eigenvalue weighted by atomic mass is 10.3. The molecule has 0 aliphatic carbocycles. The fraction of sp³-hybridized carbons (Fsp3) is 0.333. The van der Waals surface area contributed by atoms with Gasteiger partial charge in [0.1, 0.15) is 5.75 Å². The van der Waals surface area contributed by atoms with Crippen LogP contribution in [0.25, 0.3) is 10.2 Å². The summed E-state index contributed by atoms with van der Waals surface area (Å²) in [4.78, 5) is 28.9. The summed E-state index contributed by atoms with van der Waals surface area (Å²) in [5, 5.41) is 0.896. The highest BCUT2D eigenvalue weighted by atomic mass is 35.5. The number of likely N-dealkylation sites (N-methyl/N-ethyl adjacent to an activating group) is 1. The molecule has 1 amide bonds. The summed E-state index contributed by atoms with van der Waals surface area (Å²) in [5.74, 6) is -0.413. The second-order valence-electron chi connectivity index (χ2n) is 6.34. The van der Waals surface area contributed by atoms with E-state index in [0.29, 0.717) is 33.6 Å². The van der Waals surface area contributed by atoms with Gasteiger partial charge < -0.3 is 9.64 Å². The van der Waals surface area contributed by atoms with Crippen LogP contribution in [0.1, 0.15) is 0 Å². The van der Waals surface area contributed by atoms with Gasteiger partial charge in [-0.3, -0.25) is 9.69 Å². The van der Waals surface area contributed by atoms with Gasteiger partial charge in [0.2, 0.25) is 5.91 Å². The second-order valence-corrected chi connectivity index (χ2v) is 8.29. The van der Waals surface area contributed by atoms with Crippen LogP contribution >= 0.6 is 35.5 Å². The lowest BCUT2D eigenvalue weighted by Gasteiger charge is -2.21. The molecule has 7 nitrogen and oxygen atoms in total. The van der Waals surface area contributed by atoms with Crippen molar-refractivity contribution in [2.24, 2.45) is 0 Å². The van der Waals surface area contributed by atoms with Gasteiger partial charge >= 0.3 is 6.36 Å². The van der Waals surface area contributed by atoms with Gasteiger partial charge in [-0.1, -0.05) is 23.1 Å². The SMILES string of the molecule is CN(C)CCN(C(=O)CSc1ncccn1)c1nc2ccc(OC(F)(F)F)cc2s1.Cl. The fourth-order valence-electron chi connectivity index (χ4n) is 2.40. The van der Waals surface area contributed by atoms with E-state index in [1.54, 1.807) is 18.5 Å². The van der Waals surface area contributed by atoms with Gasteiger partial charge in [-0.05, 0) is 32.3 Å². The minimum Gasteiger partial charge on any atom is -0.406 e. The van der Waals surface area contributed by atoms with Gasteiger partial charge in [-0.15, -0.1) is 25.6 Å². The van der Waals surface area contributed by atoms with E-state index in [9.17, 15) is 18.0 Å². The molecule has 0 unspecified atom stereocenters. The van der Waals surface area contributed by atoms with Crippen molar-refractivity contribution >= 4 is 56.8 Å². The number of aromatic nitrogens is 3. The molecule has 168 valence electrons. The van der Waals surface area contributed by atoms with Crippen LogP contribution in [-0.4, -0.2) is 65.1 Å². The molecule has 31 heavy (non-hydrogen) atoms. The monoisotopic (exact) mass is 493 g/mol. The van der Waals surface area contributed by atoms with Gasteiger partial charge in [0.15, 0.2) is 10.3 Å². The molecular weight excluding hydrogens is 475 g/mol. The molecule has 0 bridgehead atoms. The zero-order chi connectivity index (χ0) is 21.7. The number of halogens is 4. The van der Waals surface area contributed by atoms with Crippen LogP contribution in [0.4, 0.5) is 18.3 Å². The predicted octanol–water partition coefficient (Wildman–Crippen LogP) is 4.09. The summed E-state index contributed by atoms with van der Waals surface area (Å²) in [6.45, 7) is 0.977. The first-order valence-corrected chi connectivity index (χ1v) is 10.5. The molecule has 1 aromatic carbocycles. The summed E-state index contributed by atoms with van der Waals surface area (Å²) in [7, 11) is 3.77. The van der Waals surface area contributed by atoms with Crippen molar-refractivity contribution in [3.8, 4) is 5.75 Å². The van der Waals surface area contributed by atoms with Crippen LogP contribution in [-0.2, 0) is 4.79 Å². The summed E-state index contributed by atoms with van der Waals surface area (Å²) < 4.78 is 41.9. The number of thioether (sulfide) groups is 1. The molecule has 2 aromatic heterocycles. The first-order valence-electron chi connectivity index (χ1n) is 8.72. The maximum Gasteiger partial charge on any atom is 0.573 e. The number of thiazole rings is 1. The van der Waals surface area contributed by atoms with Crippen molar-refractivity contribution in [3.05, 3.63) is 36.7 Å². The summed E-state index contributed by atoms with van der Waals surface area (Å²) >= 11 is 2.34. The van der Waals surface area contributed by atoms with E-state index in [1.807, 2.05) is 19.0 Å². The van der Waals surface area contributed by atoms with Crippen LogP contribution in [0.2, 0.25) is 0 Å². The van der Waals surface area contributed by atoms with Crippen LogP contribution in [0.5, 0.6) is 5.75 Å². The Labute approximate surface area is 191 Å². The predicted molar refractivity (Wildman–Crippen MR) is 117 cm³/mol. The molecule has 0 fully saturated rings. The minimum absolute atomic E-state index is 0. The third-order valence-electron chi connectivity index (χ3n) is 3.75. The molecule has 0 saturated heterocycles. The Bertz CT molecular complexity index is 1000. The molecule has 0 spiro atoms. The molecule has 0 saturated carbocycles. The number of anilines is 1.